The Morgan fingerprint density at radius 1 is 1.28 bits per heavy atom. The van der Waals surface area contributed by atoms with E-state index in [2.05, 4.69) is 5.32 Å². The summed E-state index contributed by atoms with van der Waals surface area (Å²) in [5, 5.41) is 2.81. The summed E-state index contributed by atoms with van der Waals surface area (Å²) in [6.07, 6.45) is 1.03. The van der Waals surface area contributed by atoms with E-state index in [1.54, 1.807) is 24.3 Å². The highest BCUT2D eigenvalue weighted by molar-refractivity contribution is 7.89. The van der Waals surface area contributed by atoms with Gasteiger partial charge in [-0.2, -0.15) is 4.31 Å². The van der Waals surface area contributed by atoms with Crippen LogP contribution in [0.2, 0.25) is 0 Å². The average Bonchev–Trinajstić information content (AvgIpc) is 2.59. The molecule has 2 rings (SSSR count). The third-order valence-corrected chi connectivity index (χ3v) is 5.76. The standard InChI is InChI=1S/C16H25N3O4S.ClH/c1-13(17)2-7-16(20)18-12-14-3-5-15(6-4-14)24(21,22)19-8-10-23-11-9-19;/h3-6,13H,2,7-12,17H2,1H3,(H,18,20);1H. The molecule has 0 radical (unpaired) electrons. The van der Waals surface area contributed by atoms with Crippen LogP contribution in [0, 0.1) is 0 Å². The molecule has 3 N–H and O–H groups in total. The van der Waals surface area contributed by atoms with Crippen molar-refractivity contribution >= 4 is 28.3 Å². The van der Waals surface area contributed by atoms with Crippen LogP contribution in [0.5, 0.6) is 0 Å². The monoisotopic (exact) mass is 391 g/mol. The number of carbonyl (C=O) groups is 1. The first-order chi connectivity index (χ1) is 11.4. The van der Waals surface area contributed by atoms with Gasteiger partial charge in [0.25, 0.3) is 0 Å². The normalized spacial score (nSPS) is 16.7. The predicted octanol–water partition coefficient (Wildman–Crippen LogP) is 0.873. The zero-order chi connectivity index (χ0) is 17.6. The van der Waals surface area contributed by atoms with Crippen LogP contribution in [0.15, 0.2) is 29.2 Å². The predicted molar refractivity (Wildman–Crippen MR) is 98.0 cm³/mol. The molecule has 1 unspecified atom stereocenters. The Bertz CT molecular complexity index is 644. The molecule has 0 spiro atoms. The van der Waals surface area contributed by atoms with Gasteiger partial charge in [0.05, 0.1) is 18.1 Å². The molecule has 1 fully saturated rings. The molecule has 1 aliphatic rings. The molecule has 1 aliphatic heterocycles. The molecular formula is C16H26ClN3O4S. The molecule has 0 saturated carbocycles. The van der Waals surface area contributed by atoms with E-state index in [1.807, 2.05) is 6.92 Å². The Kier molecular flexibility index (Phi) is 8.81. The van der Waals surface area contributed by atoms with Crippen molar-refractivity contribution in [2.75, 3.05) is 26.3 Å². The second-order valence-corrected chi connectivity index (χ2v) is 7.89. The molecule has 1 amide bonds. The number of benzene rings is 1. The SMILES string of the molecule is CC(N)CCC(=O)NCc1ccc(S(=O)(=O)N2CCOCC2)cc1.Cl. The van der Waals surface area contributed by atoms with Gasteiger partial charge >= 0.3 is 0 Å². The van der Waals surface area contributed by atoms with Crippen LogP contribution in [0.3, 0.4) is 0 Å². The van der Waals surface area contributed by atoms with Gasteiger partial charge in [0.2, 0.25) is 15.9 Å². The quantitative estimate of drug-likeness (QED) is 0.718. The number of hydrogen-bond acceptors (Lipinski definition) is 5. The van der Waals surface area contributed by atoms with Crippen LogP contribution in [-0.4, -0.2) is 51.0 Å². The van der Waals surface area contributed by atoms with E-state index in [0.29, 0.717) is 45.7 Å². The fraction of sp³-hybridized carbons (Fsp3) is 0.562. The molecule has 142 valence electrons. The number of hydrogen-bond donors (Lipinski definition) is 2. The van der Waals surface area contributed by atoms with Gasteiger partial charge < -0.3 is 15.8 Å². The van der Waals surface area contributed by atoms with Crippen molar-refractivity contribution in [1.82, 2.24) is 9.62 Å². The molecule has 25 heavy (non-hydrogen) atoms. The first-order valence-corrected chi connectivity index (χ1v) is 9.52. The van der Waals surface area contributed by atoms with Gasteiger partial charge in [0, 0.05) is 32.1 Å². The van der Waals surface area contributed by atoms with Crippen molar-refractivity contribution in [3.63, 3.8) is 0 Å². The Labute approximate surface area is 155 Å². The topological polar surface area (TPSA) is 102 Å². The maximum atomic E-state index is 12.5. The fourth-order valence-corrected chi connectivity index (χ4v) is 3.77. The zero-order valence-corrected chi connectivity index (χ0v) is 15.9. The lowest BCUT2D eigenvalue weighted by atomic mass is 10.2. The molecular weight excluding hydrogens is 366 g/mol. The maximum absolute atomic E-state index is 12.5. The Morgan fingerprint density at radius 2 is 1.88 bits per heavy atom. The maximum Gasteiger partial charge on any atom is 0.243 e. The average molecular weight is 392 g/mol. The van der Waals surface area contributed by atoms with Crippen LogP contribution >= 0.6 is 12.4 Å². The number of amides is 1. The molecule has 1 aromatic carbocycles. The summed E-state index contributed by atoms with van der Waals surface area (Å²) in [5.41, 5.74) is 6.47. The van der Waals surface area contributed by atoms with Crippen LogP contribution in [0.1, 0.15) is 25.3 Å². The van der Waals surface area contributed by atoms with Gasteiger partial charge in [-0.3, -0.25) is 4.79 Å². The molecule has 0 aliphatic carbocycles. The van der Waals surface area contributed by atoms with Gasteiger partial charge in [0.15, 0.2) is 0 Å². The number of nitrogens with zero attached hydrogens (tertiary/aromatic N) is 1. The summed E-state index contributed by atoms with van der Waals surface area (Å²) in [5.74, 6) is -0.0580. The summed E-state index contributed by atoms with van der Waals surface area (Å²) < 4.78 is 31.6. The highest BCUT2D eigenvalue weighted by Crippen LogP contribution is 2.17. The summed E-state index contributed by atoms with van der Waals surface area (Å²) in [6, 6.07) is 6.60. The lowest BCUT2D eigenvalue weighted by Gasteiger charge is -2.26. The molecule has 1 aromatic rings. The number of ether oxygens (including phenoxy) is 1. The van der Waals surface area contributed by atoms with E-state index >= 15 is 0 Å². The number of halogens is 1. The first kappa shape index (κ1) is 21.9. The molecule has 0 bridgehead atoms. The van der Waals surface area contributed by atoms with Crippen LogP contribution < -0.4 is 11.1 Å². The van der Waals surface area contributed by atoms with E-state index in [0.717, 1.165) is 5.56 Å². The van der Waals surface area contributed by atoms with Gasteiger partial charge in [0.1, 0.15) is 0 Å². The van der Waals surface area contributed by atoms with Gasteiger partial charge in [-0.05, 0) is 31.0 Å². The number of rotatable bonds is 7. The van der Waals surface area contributed by atoms with Gasteiger partial charge in [-0.15, -0.1) is 12.4 Å². The first-order valence-electron chi connectivity index (χ1n) is 8.08. The number of carbonyl (C=O) groups excluding carboxylic acids is 1. The Hall–Kier alpha value is -1.19. The number of nitrogens with two attached hydrogens (primary N) is 1. The van der Waals surface area contributed by atoms with E-state index < -0.39 is 10.0 Å². The highest BCUT2D eigenvalue weighted by atomic mass is 35.5. The molecule has 9 heteroatoms. The summed E-state index contributed by atoms with van der Waals surface area (Å²) in [7, 11) is -3.48. The molecule has 1 saturated heterocycles. The lowest BCUT2D eigenvalue weighted by molar-refractivity contribution is -0.121. The van der Waals surface area contributed by atoms with Gasteiger partial charge in [-0.25, -0.2) is 8.42 Å². The number of sulfonamides is 1. The van der Waals surface area contributed by atoms with E-state index in [-0.39, 0.29) is 29.3 Å². The minimum atomic E-state index is -3.48. The smallest absolute Gasteiger partial charge is 0.243 e. The minimum absolute atomic E-state index is 0. The van der Waals surface area contributed by atoms with Gasteiger partial charge in [-0.1, -0.05) is 12.1 Å². The summed E-state index contributed by atoms with van der Waals surface area (Å²) in [6.45, 7) is 3.82. The lowest BCUT2D eigenvalue weighted by Crippen LogP contribution is -2.40. The van der Waals surface area contributed by atoms with Crippen LogP contribution in [0.4, 0.5) is 0 Å². The third-order valence-electron chi connectivity index (χ3n) is 3.85. The highest BCUT2D eigenvalue weighted by Gasteiger charge is 2.25. The van der Waals surface area contributed by atoms with Crippen molar-refractivity contribution in [2.24, 2.45) is 5.73 Å². The van der Waals surface area contributed by atoms with E-state index in [1.165, 1.54) is 4.31 Å². The third kappa shape index (κ3) is 6.56. The van der Waals surface area contributed by atoms with Crippen LogP contribution in [0.25, 0.3) is 0 Å². The van der Waals surface area contributed by atoms with Crippen molar-refractivity contribution < 1.29 is 17.9 Å². The van der Waals surface area contributed by atoms with E-state index in [4.69, 9.17) is 10.5 Å². The van der Waals surface area contributed by atoms with Crippen molar-refractivity contribution in [3.05, 3.63) is 29.8 Å². The van der Waals surface area contributed by atoms with E-state index in [9.17, 15) is 13.2 Å². The van der Waals surface area contributed by atoms with Crippen molar-refractivity contribution in [1.29, 1.82) is 0 Å². The summed E-state index contributed by atoms with van der Waals surface area (Å²) in [4.78, 5) is 11.9. The summed E-state index contributed by atoms with van der Waals surface area (Å²) >= 11 is 0. The Balaban J connectivity index is 0.00000312. The van der Waals surface area contributed by atoms with Crippen molar-refractivity contribution in [3.8, 4) is 0 Å². The number of nitrogens with one attached hydrogen (secondary N) is 1. The molecule has 7 nitrogen and oxygen atoms in total. The molecule has 1 atom stereocenters. The fourth-order valence-electron chi connectivity index (χ4n) is 2.36. The second kappa shape index (κ2) is 10.1. The molecule has 1 heterocycles. The largest absolute Gasteiger partial charge is 0.379 e. The second-order valence-electron chi connectivity index (χ2n) is 5.95. The minimum Gasteiger partial charge on any atom is -0.379 e. The molecule has 0 aromatic heterocycles. The van der Waals surface area contributed by atoms with Crippen molar-refractivity contribution in [2.45, 2.75) is 37.2 Å². The zero-order valence-electron chi connectivity index (χ0n) is 14.3. The number of morpholine rings is 1. The Morgan fingerprint density at radius 3 is 2.44 bits per heavy atom. The van der Waals surface area contributed by atoms with Crippen LogP contribution in [-0.2, 0) is 26.1 Å².